The molecule has 0 bridgehead atoms. The van der Waals surface area contributed by atoms with Crippen molar-refractivity contribution >= 4 is 21.8 Å². The monoisotopic (exact) mass is 435 g/mol. The van der Waals surface area contributed by atoms with E-state index in [1.807, 2.05) is 0 Å². The van der Waals surface area contributed by atoms with Crippen LogP contribution in [0.25, 0.3) is 0 Å². The molecule has 2 aliphatic rings. The van der Waals surface area contributed by atoms with Crippen LogP contribution < -0.4 is 0 Å². The number of furan rings is 1. The normalized spacial score (nSPS) is 20.7. The van der Waals surface area contributed by atoms with Crippen LogP contribution in [0, 0.1) is 11.7 Å². The van der Waals surface area contributed by atoms with E-state index in [9.17, 15) is 22.4 Å². The molecular formula is C20H22FN3O5S. The maximum Gasteiger partial charge on any atom is 0.243 e. The zero-order chi connectivity index (χ0) is 21.3. The van der Waals surface area contributed by atoms with Crippen LogP contribution in [0.3, 0.4) is 0 Å². The Bertz CT molecular complexity index is 1020. The molecule has 8 nitrogen and oxygen atoms in total. The Balaban J connectivity index is 1.34. The largest absolute Gasteiger partial charge is 0.467 e. The summed E-state index contributed by atoms with van der Waals surface area (Å²) in [4.78, 5) is 28.4. The molecular weight excluding hydrogens is 413 g/mol. The first kappa shape index (κ1) is 20.5. The molecule has 4 rings (SSSR count). The smallest absolute Gasteiger partial charge is 0.243 e. The fraction of sp³-hybridized carbons (Fsp3) is 0.400. The molecule has 0 spiro atoms. The number of hydrogen-bond acceptors (Lipinski definition) is 5. The molecule has 0 radical (unpaired) electrons. The molecule has 0 N–H and O–H groups in total. The number of carbonyl (C=O) groups excluding carboxylic acids is 2. The summed E-state index contributed by atoms with van der Waals surface area (Å²) in [5, 5.41) is 0. The highest BCUT2D eigenvalue weighted by Gasteiger charge is 2.38. The van der Waals surface area contributed by atoms with E-state index in [2.05, 4.69) is 0 Å². The first-order chi connectivity index (χ1) is 14.3. The Kier molecular flexibility index (Phi) is 5.61. The van der Waals surface area contributed by atoms with Crippen LogP contribution in [-0.2, 0) is 26.2 Å². The topological polar surface area (TPSA) is 91.1 Å². The number of nitrogens with zero attached hydrogens (tertiary/aromatic N) is 3. The average Bonchev–Trinajstić information content (AvgIpc) is 3.38. The second-order valence-electron chi connectivity index (χ2n) is 7.44. The second kappa shape index (κ2) is 8.19. The predicted octanol–water partition coefficient (Wildman–Crippen LogP) is 1.30. The van der Waals surface area contributed by atoms with Gasteiger partial charge in [0.1, 0.15) is 11.6 Å². The number of hydrogen-bond donors (Lipinski definition) is 0. The third-order valence-corrected chi connectivity index (χ3v) is 7.41. The number of likely N-dealkylation sites (tertiary alicyclic amines) is 1. The van der Waals surface area contributed by atoms with E-state index in [0.717, 1.165) is 12.1 Å². The van der Waals surface area contributed by atoms with Crippen LogP contribution in [0.4, 0.5) is 4.39 Å². The minimum Gasteiger partial charge on any atom is -0.467 e. The lowest BCUT2D eigenvalue weighted by Crippen LogP contribution is -2.52. The van der Waals surface area contributed by atoms with Gasteiger partial charge in [0.25, 0.3) is 0 Å². The Morgan fingerprint density at radius 2 is 1.80 bits per heavy atom. The van der Waals surface area contributed by atoms with Crippen LogP contribution in [0.2, 0.25) is 0 Å². The summed E-state index contributed by atoms with van der Waals surface area (Å²) in [6, 6.07) is 8.22. The van der Waals surface area contributed by atoms with Crippen LogP contribution in [0.1, 0.15) is 12.2 Å². The molecule has 2 aromatic rings. The summed E-state index contributed by atoms with van der Waals surface area (Å²) in [5.74, 6) is -0.508. The first-order valence-electron chi connectivity index (χ1n) is 9.69. The van der Waals surface area contributed by atoms with E-state index in [0.29, 0.717) is 18.8 Å². The molecule has 2 saturated heterocycles. The van der Waals surface area contributed by atoms with Gasteiger partial charge in [-0.05, 0) is 36.4 Å². The summed E-state index contributed by atoms with van der Waals surface area (Å²) < 4.78 is 45.1. The zero-order valence-electron chi connectivity index (χ0n) is 16.2. The van der Waals surface area contributed by atoms with Crippen molar-refractivity contribution in [2.24, 2.45) is 5.92 Å². The van der Waals surface area contributed by atoms with Gasteiger partial charge < -0.3 is 14.2 Å². The average molecular weight is 435 g/mol. The van der Waals surface area contributed by atoms with Gasteiger partial charge in [-0.25, -0.2) is 12.8 Å². The molecule has 10 heteroatoms. The van der Waals surface area contributed by atoms with Gasteiger partial charge in [-0.15, -0.1) is 0 Å². The van der Waals surface area contributed by atoms with Crippen molar-refractivity contribution in [1.82, 2.24) is 14.1 Å². The molecule has 30 heavy (non-hydrogen) atoms. The van der Waals surface area contributed by atoms with Gasteiger partial charge in [0, 0.05) is 39.1 Å². The quantitative estimate of drug-likeness (QED) is 0.706. The number of rotatable bonds is 5. The Labute approximate surface area is 173 Å². The van der Waals surface area contributed by atoms with Crippen molar-refractivity contribution in [2.75, 3.05) is 32.7 Å². The molecule has 1 aromatic carbocycles. The summed E-state index contributed by atoms with van der Waals surface area (Å²) >= 11 is 0. The molecule has 1 aromatic heterocycles. The lowest BCUT2D eigenvalue weighted by Gasteiger charge is -2.35. The molecule has 1 atom stereocenters. The lowest BCUT2D eigenvalue weighted by atomic mass is 10.1. The third kappa shape index (κ3) is 4.10. The summed E-state index contributed by atoms with van der Waals surface area (Å²) in [5.41, 5.74) is 0. The van der Waals surface area contributed by atoms with E-state index in [-0.39, 0.29) is 49.3 Å². The lowest BCUT2D eigenvalue weighted by molar-refractivity contribution is -0.137. The number of halogens is 1. The van der Waals surface area contributed by atoms with Gasteiger partial charge in [-0.3, -0.25) is 9.59 Å². The Morgan fingerprint density at radius 1 is 1.10 bits per heavy atom. The third-order valence-electron chi connectivity index (χ3n) is 5.49. The van der Waals surface area contributed by atoms with Gasteiger partial charge in [0.15, 0.2) is 0 Å². The summed E-state index contributed by atoms with van der Waals surface area (Å²) in [7, 11) is -3.74. The van der Waals surface area contributed by atoms with Crippen molar-refractivity contribution < 1.29 is 26.8 Å². The fourth-order valence-corrected chi connectivity index (χ4v) is 5.27. The number of carbonyl (C=O) groups is 2. The highest BCUT2D eigenvalue weighted by molar-refractivity contribution is 7.89. The second-order valence-corrected chi connectivity index (χ2v) is 9.38. The summed E-state index contributed by atoms with van der Waals surface area (Å²) in [6.07, 6.45) is 1.69. The molecule has 2 amide bonds. The van der Waals surface area contributed by atoms with E-state index in [4.69, 9.17) is 4.42 Å². The minimum absolute atomic E-state index is 0.0265. The SMILES string of the molecule is O=C1C[C@@H](C(=O)N2CCN(S(=O)(=O)c3ccc(F)cc3)CC2)CN1Cc1ccco1. The van der Waals surface area contributed by atoms with E-state index >= 15 is 0 Å². The predicted molar refractivity (Wildman–Crippen MR) is 104 cm³/mol. The molecule has 0 aliphatic carbocycles. The number of piperazine rings is 1. The number of amides is 2. The van der Waals surface area contributed by atoms with Crippen LogP contribution in [0.5, 0.6) is 0 Å². The fourth-order valence-electron chi connectivity index (χ4n) is 3.84. The Hall–Kier alpha value is -2.72. The van der Waals surface area contributed by atoms with E-state index < -0.39 is 21.8 Å². The first-order valence-corrected chi connectivity index (χ1v) is 11.1. The Morgan fingerprint density at radius 3 is 2.43 bits per heavy atom. The van der Waals surface area contributed by atoms with Crippen molar-refractivity contribution in [3.63, 3.8) is 0 Å². The van der Waals surface area contributed by atoms with Crippen molar-refractivity contribution in [1.29, 1.82) is 0 Å². The van der Waals surface area contributed by atoms with Crippen LogP contribution in [-0.4, -0.2) is 67.1 Å². The number of sulfonamides is 1. The highest BCUT2D eigenvalue weighted by Crippen LogP contribution is 2.24. The van der Waals surface area contributed by atoms with Crippen molar-refractivity contribution in [3.8, 4) is 0 Å². The summed E-state index contributed by atoms with van der Waals surface area (Å²) in [6.45, 7) is 1.47. The van der Waals surface area contributed by atoms with Crippen molar-refractivity contribution in [3.05, 3.63) is 54.2 Å². The van der Waals surface area contributed by atoms with Gasteiger partial charge in [0.2, 0.25) is 21.8 Å². The highest BCUT2D eigenvalue weighted by atomic mass is 32.2. The maximum atomic E-state index is 13.1. The van der Waals surface area contributed by atoms with E-state index in [1.54, 1.807) is 21.9 Å². The minimum atomic E-state index is -3.74. The van der Waals surface area contributed by atoms with Gasteiger partial charge in [-0.1, -0.05) is 0 Å². The molecule has 2 aliphatic heterocycles. The van der Waals surface area contributed by atoms with Gasteiger partial charge in [0.05, 0.1) is 23.6 Å². The van der Waals surface area contributed by atoms with Crippen LogP contribution in [0.15, 0.2) is 52.0 Å². The maximum absolute atomic E-state index is 13.1. The zero-order valence-corrected chi connectivity index (χ0v) is 17.1. The molecule has 2 fully saturated rings. The van der Waals surface area contributed by atoms with Crippen LogP contribution >= 0.6 is 0 Å². The molecule has 160 valence electrons. The van der Waals surface area contributed by atoms with Gasteiger partial charge in [-0.2, -0.15) is 4.31 Å². The molecule has 0 saturated carbocycles. The molecule has 0 unspecified atom stereocenters. The van der Waals surface area contributed by atoms with E-state index in [1.165, 1.54) is 22.7 Å². The van der Waals surface area contributed by atoms with Gasteiger partial charge >= 0.3 is 0 Å². The standard InChI is InChI=1S/C20H22FN3O5S/c21-16-3-5-18(6-4-16)30(27,28)24-9-7-22(8-10-24)20(26)15-12-19(25)23(13-15)14-17-2-1-11-29-17/h1-6,11,15H,7-10,12-14H2/t15-/m1/s1. The van der Waals surface area contributed by atoms with Crippen molar-refractivity contribution in [2.45, 2.75) is 17.9 Å². The molecule has 3 heterocycles. The number of benzene rings is 1.